The van der Waals surface area contributed by atoms with Gasteiger partial charge in [-0.25, -0.2) is 0 Å². The number of benzene rings is 1. The molecule has 0 saturated carbocycles. The van der Waals surface area contributed by atoms with Gasteiger partial charge in [0.2, 0.25) is 0 Å². The normalized spacial score (nSPS) is 23.4. The second-order valence-corrected chi connectivity index (χ2v) is 7.02. The number of piperazine rings is 1. The molecule has 1 heterocycles. The number of hydrogen-bond acceptors (Lipinski definition) is 2. The molecule has 1 aromatic rings. The first-order valence-corrected chi connectivity index (χ1v) is 8.64. The van der Waals surface area contributed by atoms with Crippen LogP contribution in [0.25, 0.3) is 0 Å². The molecule has 0 radical (unpaired) electrons. The topological polar surface area (TPSA) is 15.3 Å². The summed E-state index contributed by atoms with van der Waals surface area (Å²) < 4.78 is 1.18. The molecule has 1 fully saturated rings. The standard InChI is InChI=1S/C17H27BrN2/c1-5-13-9-14(18)7-8-16(13)20-11-15(6-2)19-10-17(20)12(3)4/h7-9,12,15,17,19H,5-6,10-11H2,1-4H3. The molecule has 0 bridgehead atoms. The summed E-state index contributed by atoms with van der Waals surface area (Å²) in [5.41, 5.74) is 2.87. The zero-order valence-corrected chi connectivity index (χ0v) is 14.7. The number of hydrogen-bond donors (Lipinski definition) is 1. The summed E-state index contributed by atoms with van der Waals surface area (Å²) in [4.78, 5) is 2.64. The molecule has 2 atom stereocenters. The smallest absolute Gasteiger partial charge is 0.0438 e. The lowest BCUT2D eigenvalue weighted by Crippen LogP contribution is -2.58. The average molecular weight is 339 g/mol. The average Bonchev–Trinajstić information content (AvgIpc) is 2.46. The molecular weight excluding hydrogens is 312 g/mol. The van der Waals surface area contributed by atoms with E-state index in [1.165, 1.54) is 22.1 Å². The summed E-state index contributed by atoms with van der Waals surface area (Å²) in [5.74, 6) is 0.661. The molecule has 1 aromatic carbocycles. The van der Waals surface area contributed by atoms with Gasteiger partial charge in [0, 0.05) is 35.3 Å². The van der Waals surface area contributed by atoms with Crippen LogP contribution in [-0.2, 0) is 6.42 Å². The van der Waals surface area contributed by atoms with Crippen LogP contribution in [0.2, 0.25) is 0 Å². The molecule has 0 amide bonds. The highest BCUT2D eigenvalue weighted by Gasteiger charge is 2.30. The van der Waals surface area contributed by atoms with E-state index in [0.717, 1.165) is 19.5 Å². The van der Waals surface area contributed by atoms with Crippen LogP contribution in [-0.4, -0.2) is 25.2 Å². The fourth-order valence-electron chi connectivity index (χ4n) is 3.10. The van der Waals surface area contributed by atoms with Crippen molar-refractivity contribution in [3.05, 3.63) is 28.2 Å². The first-order valence-electron chi connectivity index (χ1n) is 7.85. The van der Waals surface area contributed by atoms with Gasteiger partial charge < -0.3 is 10.2 Å². The molecule has 2 nitrogen and oxygen atoms in total. The zero-order valence-electron chi connectivity index (χ0n) is 13.1. The lowest BCUT2D eigenvalue weighted by Gasteiger charge is -2.44. The van der Waals surface area contributed by atoms with Gasteiger partial charge >= 0.3 is 0 Å². The molecule has 3 heteroatoms. The fourth-order valence-corrected chi connectivity index (χ4v) is 3.51. The molecule has 1 saturated heterocycles. The summed E-state index contributed by atoms with van der Waals surface area (Å²) >= 11 is 3.60. The maximum absolute atomic E-state index is 3.70. The van der Waals surface area contributed by atoms with E-state index in [4.69, 9.17) is 0 Å². The molecule has 2 rings (SSSR count). The number of nitrogens with zero attached hydrogens (tertiary/aromatic N) is 1. The summed E-state index contributed by atoms with van der Waals surface area (Å²) in [6.45, 7) is 11.4. The van der Waals surface area contributed by atoms with Crippen LogP contribution >= 0.6 is 15.9 Å². The van der Waals surface area contributed by atoms with Crippen molar-refractivity contribution in [2.45, 2.75) is 52.6 Å². The minimum absolute atomic E-state index is 0.587. The van der Waals surface area contributed by atoms with Crippen LogP contribution in [0.5, 0.6) is 0 Å². The van der Waals surface area contributed by atoms with Crippen molar-refractivity contribution in [1.82, 2.24) is 5.32 Å². The third-order valence-electron chi connectivity index (χ3n) is 4.43. The summed E-state index contributed by atoms with van der Waals surface area (Å²) in [6.07, 6.45) is 2.28. The molecule has 2 unspecified atom stereocenters. The van der Waals surface area contributed by atoms with Gasteiger partial charge in [-0.1, -0.05) is 43.6 Å². The van der Waals surface area contributed by atoms with Crippen LogP contribution in [0.4, 0.5) is 5.69 Å². The molecule has 1 aliphatic heterocycles. The van der Waals surface area contributed by atoms with Crippen molar-refractivity contribution in [2.75, 3.05) is 18.0 Å². The Morgan fingerprint density at radius 2 is 2.10 bits per heavy atom. The Balaban J connectivity index is 2.34. The van der Waals surface area contributed by atoms with Crippen molar-refractivity contribution in [3.63, 3.8) is 0 Å². The van der Waals surface area contributed by atoms with Gasteiger partial charge in [-0.15, -0.1) is 0 Å². The third-order valence-corrected chi connectivity index (χ3v) is 4.92. The van der Waals surface area contributed by atoms with Crippen LogP contribution in [0.1, 0.15) is 39.7 Å². The van der Waals surface area contributed by atoms with E-state index < -0.39 is 0 Å². The lowest BCUT2D eigenvalue weighted by atomic mass is 9.95. The Morgan fingerprint density at radius 3 is 2.70 bits per heavy atom. The van der Waals surface area contributed by atoms with E-state index in [-0.39, 0.29) is 0 Å². The molecule has 0 aliphatic carbocycles. The molecule has 112 valence electrons. The van der Waals surface area contributed by atoms with E-state index in [2.05, 4.69) is 72.0 Å². The Bertz CT molecular complexity index is 445. The Kier molecular flexibility index (Phi) is 5.50. The Morgan fingerprint density at radius 1 is 1.35 bits per heavy atom. The largest absolute Gasteiger partial charge is 0.365 e. The molecule has 0 spiro atoms. The van der Waals surface area contributed by atoms with Gasteiger partial charge in [0.1, 0.15) is 0 Å². The number of rotatable bonds is 4. The fraction of sp³-hybridized carbons (Fsp3) is 0.647. The minimum Gasteiger partial charge on any atom is -0.365 e. The lowest BCUT2D eigenvalue weighted by molar-refractivity contribution is 0.333. The molecular formula is C17H27BrN2. The van der Waals surface area contributed by atoms with Crippen LogP contribution in [0.3, 0.4) is 0 Å². The van der Waals surface area contributed by atoms with Crippen LogP contribution in [0, 0.1) is 5.92 Å². The van der Waals surface area contributed by atoms with Gasteiger partial charge in [-0.3, -0.25) is 0 Å². The second kappa shape index (κ2) is 6.95. The van der Waals surface area contributed by atoms with Gasteiger partial charge in [0.25, 0.3) is 0 Å². The van der Waals surface area contributed by atoms with E-state index in [1.807, 2.05) is 0 Å². The first-order chi connectivity index (χ1) is 9.56. The van der Waals surface area contributed by atoms with Crippen molar-refractivity contribution in [1.29, 1.82) is 0 Å². The van der Waals surface area contributed by atoms with Crippen LogP contribution in [0.15, 0.2) is 22.7 Å². The maximum Gasteiger partial charge on any atom is 0.0438 e. The van der Waals surface area contributed by atoms with E-state index >= 15 is 0 Å². The first kappa shape index (κ1) is 15.8. The second-order valence-electron chi connectivity index (χ2n) is 6.10. The van der Waals surface area contributed by atoms with Gasteiger partial charge in [0.15, 0.2) is 0 Å². The monoisotopic (exact) mass is 338 g/mol. The third kappa shape index (κ3) is 3.37. The van der Waals surface area contributed by atoms with Crippen molar-refractivity contribution in [2.24, 2.45) is 5.92 Å². The number of nitrogens with one attached hydrogen (secondary N) is 1. The predicted molar refractivity (Wildman–Crippen MR) is 91.6 cm³/mol. The van der Waals surface area contributed by atoms with E-state index in [1.54, 1.807) is 0 Å². The summed E-state index contributed by atoms with van der Waals surface area (Å²) in [6, 6.07) is 7.93. The quantitative estimate of drug-likeness (QED) is 0.883. The summed E-state index contributed by atoms with van der Waals surface area (Å²) in [5, 5.41) is 3.70. The maximum atomic E-state index is 3.70. The Hall–Kier alpha value is -0.540. The van der Waals surface area contributed by atoms with Crippen LogP contribution < -0.4 is 10.2 Å². The van der Waals surface area contributed by atoms with Gasteiger partial charge in [-0.2, -0.15) is 0 Å². The highest BCUT2D eigenvalue weighted by atomic mass is 79.9. The van der Waals surface area contributed by atoms with Crippen molar-refractivity contribution < 1.29 is 0 Å². The highest BCUT2D eigenvalue weighted by molar-refractivity contribution is 9.10. The van der Waals surface area contributed by atoms with Crippen molar-refractivity contribution in [3.8, 4) is 0 Å². The number of aryl methyl sites for hydroxylation is 1. The molecule has 1 N–H and O–H groups in total. The van der Waals surface area contributed by atoms with Gasteiger partial charge in [0.05, 0.1) is 0 Å². The van der Waals surface area contributed by atoms with E-state index in [0.29, 0.717) is 18.0 Å². The zero-order chi connectivity index (χ0) is 14.7. The molecule has 0 aromatic heterocycles. The number of anilines is 1. The van der Waals surface area contributed by atoms with Crippen molar-refractivity contribution >= 4 is 21.6 Å². The predicted octanol–water partition coefficient (Wildman–Crippen LogP) is 4.22. The van der Waals surface area contributed by atoms with Gasteiger partial charge in [-0.05, 0) is 42.5 Å². The SMILES string of the molecule is CCc1cc(Br)ccc1N1CC(CC)NCC1C(C)C. The Labute approximate surface area is 132 Å². The highest BCUT2D eigenvalue weighted by Crippen LogP contribution is 2.30. The molecule has 1 aliphatic rings. The minimum atomic E-state index is 0.587. The van der Waals surface area contributed by atoms with E-state index in [9.17, 15) is 0 Å². The molecule has 20 heavy (non-hydrogen) atoms. The summed E-state index contributed by atoms with van der Waals surface area (Å²) in [7, 11) is 0. The number of halogens is 1.